The number of nitrogens with zero attached hydrogens (tertiary/aromatic N) is 2. The Hall–Kier alpha value is -1.65. The molecule has 5 fully saturated rings. The van der Waals surface area contributed by atoms with Gasteiger partial charge in [-0.25, -0.2) is 0 Å². The van der Waals surface area contributed by atoms with Crippen LogP contribution in [0.5, 0.6) is 0 Å². The van der Waals surface area contributed by atoms with E-state index in [9.17, 15) is 14.9 Å². The van der Waals surface area contributed by atoms with E-state index in [0.717, 1.165) is 44.9 Å². The van der Waals surface area contributed by atoms with Crippen molar-refractivity contribution in [3.8, 4) is 6.07 Å². The lowest BCUT2D eigenvalue weighted by atomic mass is 9.50. The summed E-state index contributed by atoms with van der Waals surface area (Å²) in [7, 11) is 0. The number of amides is 1. The van der Waals surface area contributed by atoms with Crippen LogP contribution in [-0.4, -0.2) is 58.6 Å². The maximum absolute atomic E-state index is 12.6. The van der Waals surface area contributed by atoms with Gasteiger partial charge in [-0.3, -0.25) is 9.59 Å². The van der Waals surface area contributed by atoms with Crippen molar-refractivity contribution < 1.29 is 14.7 Å². The molecule has 7 heteroatoms. The van der Waals surface area contributed by atoms with Gasteiger partial charge in [-0.1, -0.05) is 0 Å². The Bertz CT molecular complexity index is 629. The average molecular weight is 360 g/mol. The topological polar surface area (TPSA) is 105 Å². The molecule has 4 aliphatic carbocycles. The molecule has 1 heterocycles. The van der Waals surface area contributed by atoms with Crippen molar-refractivity contribution in [2.24, 2.45) is 11.8 Å². The van der Waals surface area contributed by atoms with E-state index in [4.69, 9.17) is 5.11 Å². The van der Waals surface area contributed by atoms with Gasteiger partial charge in [0.05, 0.1) is 19.2 Å². The number of hydrogen-bond donors (Lipinski definition) is 3. The molecular weight excluding hydrogens is 332 g/mol. The van der Waals surface area contributed by atoms with E-state index >= 15 is 0 Å². The number of carboxylic acids is 1. The average Bonchev–Trinajstić information content (AvgIpc) is 3.06. The zero-order valence-electron chi connectivity index (χ0n) is 15.2. The summed E-state index contributed by atoms with van der Waals surface area (Å²) in [6.07, 6.45) is 8.07. The first kappa shape index (κ1) is 17.7. The number of nitrogens with one attached hydrogen (secondary N) is 2. The van der Waals surface area contributed by atoms with Crippen molar-refractivity contribution in [1.29, 1.82) is 5.26 Å². The number of carbonyl (C=O) groups is 2. The van der Waals surface area contributed by atoms with Gasteiger partial charge in [-0.2, -0.15) is 5.26 Å². The SMILES string of the molecule is N#C[C@@H]1CCCN1C(=O)CNC12CC3CC(CC(NCC(=O)O)(C3)C1)C2. The molecule has 0 aromatic carbocycles. The highest BCUT2D eigenvalue weighted by molar-refractivity contribution is 5.79. The Morgan fingerprint density at radius 2 is 1.73 bits per heavy atom. The molecular formula is C19H28N4O3. The van der Waals surface area contributed by atoms with Crippen LogP contribution in [0, 0.1) is 23.2 Å². The Kier molecular flexibility index (Phi) is 4.44. The van der Waals surface area contributed by atoms with E-state index in [1.165, 1.54) is 6.42 Å². The molecule has 1 saturated heterocycles. The van der Waals surface area contributed by atoms with Gasteiger partial charge in [0, 0.05) is 17.6 Å². The summed E-state index contributed by atoms with van der Waals surface area (Å²) < 4.78 is 0. The second-order valence-electron chi connectivity index (χ2n) is 9.00. The van der Waals surface area contributed by atoms with Crippen LogP contribution in [-0.2, 0) is 9.59 Å². The predicted molar refractivity (Wildman–Crippen MR) is 94.1 cm³/mol. The number of carboxylic acid groups (broad SMARTS) is 1. The fourth-order valence-corrected chi connectivity index (χ4v) is 6.50. The van der Waals surface area contributed by atoms with Crippen LogP contribution in [0.4, 0.5) is 0 Å². The first-order valence-corrected chi connectivity index (χ1v) is 9.84. The monoisotopic (exact) mass is 360 g/mol. The van der Waals surface area contributed by atoms with Crippen molar-refractivity contribution in [3.05, 3.63) is 0 Å². The normalized spacial score (nSPS) is 40.6. The first-order chi connectivity index (χ1) is 12.4. The smallest absolute Gasteiger partial charge is 0.317 e. The molecule has 142 valence electrons. The van der Waals surface area contributed by atoms with Crippen molar-refractivity contribution in [2.75, 3.05) is 19.6 Å². The fourth-order valence-electron chi connectivity index (χ4n) is 6.50. The van der Waals surface area contributed by atoms with Gasteiger partial charge in [0.2, 0.25) is 5.91 Å². The zero-order valence-corrected chi connectivity index (χ0v) is 15.2. The molecule has 5 rings (SSSR count). The highest BCUT2D eigenvalue weighted by atomic mass is 16.4. The van der Waals surface area contributed by atoms with E-state index in [1.807, 2.05) is 0 Å². The van der Waals surface area contributed by atoms with Crippen LogP contribution in [0.25, 0.3) is 0 Å². The predicted octanol–water partition coefficient (Wildman–Crippen LogP) is 0.856. The lowest BCUT2D eigenvalue weighted by Gasteiger charge is -2.62. The quantitative estimate of drug-likeness (QED) is 0.649. The third-order valence-corrected chi connectivity index (χ3v) is 7.01. The molecule has 4 bridgehead atoms. The third kappa shape index (κ3) is 3.21. The molecule has 0 aromatic heterocycles. The van der Waals surface area contributed by atoms with Gasteiger partial charge in [-0.15, -0.1) is 0 Å². The van der Waals surface area contributed by atoms with Gasteiger partial charge >= 0.3 is 5.97 Å². The lowest BCUT2D eigenvalue weighted by Crippen LogP contribution is -2.69. The van der Waals surface area contributed by atoms with E-state index in [0.29, 0.717) is 18.4 Å². The minimum Gasteiger partial charge on any atom is -0.480 e. The van der Waals surface area contributed by atoms with Gasteiger partial charge in [0.1, 0.15) is 6.04 Å². The van der Waals surface area contributed by atoms with Crippen molar-refractivity contribution >= 4 is 11.9 Å². The number of rotatable bonds is 6. The summed E-state index contributed by atoms with van der Waals surface area (Å²) in [4.78, 5) is 25.4. The Morgan fingerprint density at radius 1 is 1.12 bits per heavy atom. The molecule has 4 saturated carbocycles. The number of nitriles is 1. The van der Waals surface area contributed by atoms with Crippen LogP contribution < -0.4 is 10.6 Å². The fraction of sp³-hybridized carbons (Fsp3) is 0.842. The molecule has 26 heavy (non-hydrogen) atoms. The summed E-state index contributed by atoms with van der Waals surface area (Å²) in [5, 5.41) is 25.2. The summed E-state index contributed by atoms with van der Waals surface area (Å²) in [5.41, 5.74) is -0.158. The zero-order chi connectivity index (χ0) is 18.4. The van der Waals surface area contributed by atoms with Gasteiger partial charge in [0.25, 0.3) is 0 Å². The molecule has 0 aromatic rings. The summed E-state index contributed by atoms with van der Waals surface area (Å²) >= 11 is 0. The summed E-state index contributed by atoms with van der Waals surface area (Å²) in [6.45, 7) is 0.972. The first-order valence-electron chi connectivity index (χ1n) is 9.84. The minimum atomic E-state index is -0.811. The Morgan fingerprint density at radius 3 is 2.31 bits per heavy atom. The highest BCUT2D eigenvalue weighted by Gasteiger charge is 2.57. The standard InChI is InChI=1S/C19H28N4O3/c20-9-15-2-1-3-23(15)16(24)10-21-18-5-13-4-14(6-18)8-19(7-13,12-18)22-11-17(25)26/h13-15,21-22H,1-8,10-12H2,(H,25,26)/t13?,14?,15-,18?,19?/m0/s1. The van der Waals surface area contributed by atoms with Gasteiger partial charge in [0.15, 0.2) is 0 Å². The van der Waals surface area contributed by atoms with Crippen LogP contribution in [0.1, 0.15) is 51.4 Å². The third-order valence-electron chi connectivity index (χ3n) is 7.01. The van der Waals surface area contributed by atoms with Crippen molar-refractivity contribution in [2.45, 2.75) is 68.5 Å². The van der Waals surface area contributed by atoms with Crippen LogP contribution >= 0.6 is 0 Å². The molecule has 3 atom stereocenters. The molecule has 1 aliphatic heterocycles. The second-order valence-corrected chi connectivity index (χ2v) is 9.00. The summed E-state index contributed by atoms with van der Waals surface area (Å²) in [5.74, 6) is 0.435. The number of aliphatic carboxylic acids is 1. The van der Waals surface area contributed by atoms with Gasteiger partial charge < -0.3 is 20.6 Å². The maximum Gasteiger partial charge on any atom is 0.317 e. The van der Waals surface area contributed by atoms with E-state index < -0.39 is 5.97 Å². The number of likely N-dealkylation sites (tertiary alicyclic amines) is 1. The Labute approximate surface area is 154 Å². The summed E-state index contributed by atoms with van der Waals surface area (Å²) in [6, 6.07) is 1.96. The van der Waals surface area contributed by atoms with Crippen LogP contribution in [0.2, 0.25) is 0 Å². The molecule has 2 unspecified atom stereocenters. The van der Waals surface area contributed by atoms with Crippen LogP contribution in [0.15, 0.2) is 0 Å². The van der Waals surface area contributed by atoms with Gasteiger partial charge in [-0.05, 0) is 63.2 Å². The highest BCUT2D eigenvalue weighted by Crippen LogP contribution is 2.57. The lowest BCUT2D eigenvalue weighted by molar-refractivity contribution is -0.137. The minimum absolute atomic E-state index is 0.00603. The largest absolute Gasteiger partial charge is 0.480 e. The maximum atomic E-state index is 12.6. The number of hydrogen-bond acceptors (Lipinski definition) is 5. The van der Waals surface area contributed by atoms with E-state index in [2.05, 4.69) is 16.7 Å². The molecule has 7 nitrogen and oxygen atoms in total. The van der Waals surface area contributed by atoms with E-state index in [1.54, 1.807) is 4.90 Å². The molecule has 0 spiro atoms. The number of carbonyl (C=O) groups excluding carboxylic acids is 1. The Balaban J connectivity index is 1.42. The van der Waals surface area contributed by atoms with Crippen LogP contribution in [0.3, 0.4) is 0 Å². The van der Waals surface area contributed by atoms with Crippen molar-refractivity contribution in [1.82, 2.24) is 15.5 Å². The molecule has 3 N–H and O–H groups in total. The molecule has 1 amide bonds. The second kappa shape index (κ2) is 6.50. The van der Waals surface area contributed by atoms with Crippen molar-refractivity contribution in [3.63, 3.8) is 0 Å². The molecule has 5 aliphatic rings. The molecule has 0 radical (unpaired) electrons. The van der Waals surface area contributed by atoms with E-state index in [-0.39, 0.29) is 36.1 Å².